The summed E-state index contributed by atoms with van der Waals surface area (Å²) in [5.41, 5.74) is 4.47. The van der Waals surface area contributed by atoms with Crippen molar-refractivity contribution in [1.82, 2.24) is 4.98 Å². The molecule has 0 atom stereocenters. The molecule has 0 aliphatic heterocycles. The van der Waals surface area contributed by atoms with Crippen molar-refractivity contribution >= 4 is 43.5 Å². The van der Waals surface area contributed by atoms with Crippen molar-refractivity contribution in [1.29, 1.82) is 0 Å². The summed E-state index contributed by atoms with van der Waals surface area (Å²) in [4.78, 5) is 4.53. The summed E-state index contributed by atoms with van der Waals surface area (Å²) < 4.78 is 14.0. The lowest BCUT2D eigenvalue weighted by Gasteiger charge is -2.03. The lowest BCUT2D eigenvalue weighted by Crippen LogP contribution is -1.84. The predicted molar refractivity (Wildman–Crippen MR) is 117 cm³/mol. The highest BCUT2D eigenvalue weighted by Gasteiger charge is 2.14. The van der Waals surface area contributed by atoms with E-state index in [1.807, 2.05) is 24.3 Å². The zero-order chi connectivity index (χ0) is 19.4. The van der Waals surface area contributed by atoms with E-state index in [0.29, 0.717) is 0 Å². The van der Waals surface area contributed by atoms with Crippen LogP contribution >= 0.6 is 0 Å². The van der Waals surface area contributed by atoms with Crippen molar-refractivity contribution < 1.29 is 5.79 Å². The fourth-order valence-corrected chi connectivity index (χ4v) is 4.12. The van der Waals surface area contributed by atoms with E-state index in [1.54, 1.807) is 6.20 Å². The topological polar surface area (TPSA) is 26.0 Å². The van der Waals surface area contributed by atoms with E-state index in [9.17, 15) is 0 Å². The van der Waals surface area contributed by atoms with E-state index in [2.05, 4.69) is 59.6 Å². The number of aromatic nitrogens is 1. The van der Waals surface area contributed by atoms with Crippen LogP contribution in [0.3, 0.4) is 0 Å². The maximum absolute atomic E-state index is 7.65. The Hall–Kier alpha value is -3.65. The van der Waals surface area contributed by atoms with Crippen molar-refractivity contribution in [2.45, 2.75) is 6.90 Å². The summed E-state index contributed by atoms with van der Waals surface area (Å²) in [7, 11) is 0. The lowest BCUT2D eigenvalue weighted by atomic mass is 9.99. The Labute approximate surface area is 163 Å². The van der Waals surface area contributed by atoms with E-state index in [4.69, 9.17) is 5.79 Å². The fraction of sp³-hybridized carbons (Fsp3) is 0.0385. The van der Waals surface area contributed by atoms with Gasteiger partial charge in [0.05, 0.1) is 5.69 Å². The summed E-state index contributed by atoms with van der Waals surface area (Å²) in [6.07, 6.45) is 1.77. The average molecular weight is 360 g/mol. The number of hydrogen-bond donors (Lipinski definition) is 0. The molecular formula is C26H17NO. The largest absolute Gasteiger partial charge is 0.455 e. The van der Waals surface area contributed by atoms with Gasteiger partial charge in [0.1, 0.15) is 11.2 Å². The monoisotopic (exact) mass is 360 g/mol. The molecule has 2 aromatic heterocycles. The normalized spacial score (nSPS) is 12.2. The second-order valence-corrected chi connectivity index (χ2v) is 7.19. The van der Waals surface area contributed by atoms with Crippen molar-refractivity contribution in [3.05, 3.63) is 90.6 Å². The third kappa shape index (κ3) is 2.18. The molecule has 0 amide bonds. The minimum atomic E-state index is 0.240. The van der Waals surface area contributed by atoms with Crippen LogP contribution < -0.4 is 0 Å². The van der Waals surface area contributed by atoms with E-state index in [1.165, 1.54) is 21.5 Å². The van der Waals surface area contributed by atoms with Crippen LogP contribution in [-0.2, 0) is 0 Å². The molecule has 4 aromatic carbocycles. The van der Waals surface area contributed by atoms with Gasteiger partial charge in [-0.25, -0.2) is 0 Å². The van der Waals surface area contributed by atoms with Gasteiger partial charge in [0, 0.05) is 23.9 Å². The molecule has 0 saturated heterocycles. The van der Waals surface area contributed by atoms with Gasteiger partial charge in [-0.3, -0.25) is 4.98 Å². The van der Waals surface area contributed by atoms with E-state index in [0.717, 1.165) is 38.8 Å². The predicted octanol–water partition coefficient (Wildman–Crippen LogP) is 7.26. The van der Waals surface area contributed by atoms with Crippen LogP contribution in [0, 0.1) is 6.90 Å². The smallest absolute Gasteiger partial charge is 0.144 e. The van der Waals surface area contributed by atoms with Gasteiger partial charge in [-0.2, -0.15) is 0 Å². The Bertz CT molecular complexity index is 1550. The first-order chi connectivity index (χ1) is 14.3. The molecule has 0 bridgehead atoms. The molecule has 2 heterocycles. The molecule has 28 heavy (non-hydrogen) atoms. The summed E-state index contributed by atoms with van der Waals surface area (Å²) >= 11 is 0. The fourth-order valence-electron chi connectivity index (χ4n) is 4.12. The quantitative estimate of drug-likeness (QED) is 0.288. The summed E-state index contributed by atoms with van der Waals surface area (Å²) in [6, 6.07) is 27.2. The second kappa shape index (κ2) is 5.67. The van der Waals surface area contributed by atoms with Crippen molar-refractivity contribution in [3.63, 3.8) is 0 Å². The number of fused-ring (bicyclic) bond motifs is 6. The molecule has 0 fully saturated rings. The first-order valence-electron chi connectivity index (χ1n) is 10.0. The maximum atomic E-state index is 7.65. The number of benzene rings is 4. The van der Waals surface area contributed by atoms with Crippen LogP contribution in [0.4, 0.5) is 0 Å². The van der Waals surface area contributed by atoms with Crippen molar-refractivity contribution in [2.75, 3.05) is 0 Å². The van der Waals surface area contributed by atoms with Crippen LogP contribution in [0.2, 0.25) is 0 Å². The third-order valence-corrected chi connectivity index (χ3v) is 5.46. The average Bonchev–Trinajstić information content (AvgIpc) is 3.15. The molecule has 0 aliphatic rings. The van der Waals surface area contributed by atoms with Gasteiger partial charge in [-0.15, -0.1) is 0 Å². The molecule has 0 unspecified atom stereocenters. The van der Waals surface area contributed by atoms with Gasteiger partial charge in [-0.1, -0.05) is 48.5 Å². The van der Waals surface area contributed by atoms with Crippen molar-refractivity contribution in [3.8, 4) is 11.3 Å². The zero-order valence-electron chi connectivity index (χ0n) is 16.1. The summed E-state index contributed by atoms with van der Waals surface area (Å²) in [5, 5.41) is 7.07. The Morgan fingerprint density at radius 3 is 2.61 bits per heavy atom. The molecule has 0 N–H and O–H groups in total. The number of pyridine rings is 1. The second-order valence-electron chi connectivity index (χ2n) is 7.19. The SMILES string of the molecule is [2H]Cc1ccnc(-c2cccc3c2oc2cc4c(ccc5ccccc54)cc23)c1. The molecule has 132 valence electrons. The number of para-hydroxylation sites is 1. The third-order valence-electron chi connectivity index (χ3n) is 5.46. The standard InChI is InChI=1S/C26H17NO/c1-16-11-12-27-24(13-16)21-8-4-7-20-23-14-18-10-9-17-5-2-3-6-19(17)22(18)15-25(23)28-26(20)21/h2-15H,1H3/i1D. The number of aryl methyl sites for hydroxylation is 1. The molecule has 2 nitrogen and oxygen atoms in total. The molecule has 6 aromatic rings. The Morgan fingerprint density at radius 2 is 1.64 bits per heavy atom. The molecule has 2 heteroatoms. The molecule has 0 spiro atoms. The number of nitrogens with zero attached hydrogens (tertiary/aromatic N) is 1. The van der Waals surface area contributed by atoms with Gasteiger partial charge in [-0.05, 0) is 64.3 Å². The highest BCUT2D eigenvalue weighted by atomic mass is 16.3. The first kappa shape index (κ1) is 14.4. The number of rotatable bonds is 1. The molecule has 0 radical (unpaired) electrons. The maximum Gasteiger partial charge on any atom is 0.144 e. The minimum absolute atomic E-state index is 0.240. The number of furan rings is 1. The zero-order valence-corrected chi connectivity index (χ0v) is 15.1. The van der Waals surface area contributed by atoms with E-state index in [-0.39, 0.29) is 6.90 Å². The van der Waals surface area contributed by atoms with Crippen LogP contribution in [0.5, 0.6) is 0 Å². The first-order valence-corrected chi connectivity index (χ1v) is 9.33. The van der Waals surface area contributed by atoms with Crippen LogP contribution in [0.15, 0.2) is 89.5 Å². The molecule has 6 rings (SSSR count). The van der Waals surface area contributed by atoms with Gasteiger partial charge in [0.2, 0.25) is 0 Å². The highest BCUT2D eigenvalue weighted by Crippen LogP contribution is 2.38. The Morgan fingerprint density at radius 1 is 0.750 bits per heavy atom. The van der Waals surface area contributed by atoms with Crippen LogP contribution in [0.1, 0.15) is 6.93 Å². The Balaban J connectivity index is 1.69. The van der Waals surface area contributed by atoms with Crippen molar-refractivity contribution in [2.24, 2.45) is 0 Å². The number of hydrogen-bond acceptors (Lipinski definition) is 2. The highest BCUT2D eigenvalue weighted by molar-refractivity contribution is 6.17. The Kier molecular flexibility index (Phi) is 2.92. The van der Waals surface area contributed by atoms with Gasteiger partial charge in [0.25, 0.3) is 0 Å². The van der Waals surface area contributed by atoms with Gasteiger partial charge < -0.3 is 4.42 Å². The van der Waals surface area contributed by atoms with E-state index < -0.39 is 0 Å². The molecule has 0 aliphatic carbocycles. The summed E-state index contributed by atoms with van der Waals surface area (Å²) in [6.45, 7) is 0.240. The van der Waals surface area contributed by atoms with Crippen LogP contribution in [-0.4, -0.2) is 4.98 Å². The summed E-state index contributed by atoms with van der Waals surface area (Å²) in [5.74, 6) is 0. The van der Waals surface area contributed by atoms with Crippen LogP contribution in [0.25, 0.3) is 54.7 Å². The lowest BCUT2D eigenvalue weighted by molar-refractivity contribution is 0.670. The van der Waals surface area contributed by atoms with Gasteiger partial charge >= 0.3 is 0 Å². The molecular weight excluding hydrogens is 342 g/mol. The van der Waals surface area contributed by atoms with Gasteiger partial charge in [0.15, 0.2) is 0 Å². The molecule has 0 saturated carbocycles. The van der Waals surface area contributed by atoms with E-state index >= 15 is 0 Å². The minimum Gasteiger partial charge on any atom is -0.455 e.